The Morgan fingerprint density at radius 3 is 2.38 bits per heavy atom. The number of nitrogens with zero attached hydrogens (tertiary/aromatic N) is 1. The van der Waals surface area contributed by atoms with E-state index in [0.717, 1.165) is 0 Å². The highest BCUT2D eigenvalue weighted by molar-refractivity contribution is 6.33. The number of carbonyl (C=O) groups is 1. The number of hydrogen-bond acceptors (Lipinski definition) is 5. The van der Waals surface area contributed by atoms with E-state index in [9.17, 15) is 4.79 Å². The maximum Gasteiger partial charge on any atom is 0.272 e. The minimum atomic E-state index is -0.406. The molecule has 0 saturated carbocycles. The second-order valence-corrected chi connectivity index (χ2v) is 5.01. The van der Waals surface area contributed by atoms with Crippen molar-refractivity contribution in [1.82, 2.24) is 5.43 Å². The van der Waals surface area contributed by atoms with Gasteiger partial charge in [-0.1, -0.05) is 23.7 Å². The second kappa shape index (κ2) is 8.21. The molecule has 0 heterocycles. The van der Waals surface area contributed by atoms with Gasteiger partial charge < -0.3 is 14.2 Å². The highest BCUT2D eigenvalue weighted by Gasteiger charge is 2.15. The van der Waals surface area contributed by atoms with Crippen molar-refractivity contribution in [1.29, 1.82) is 0 Å². The standard InChI is InChI=1S/C17H17ClN2O4/c1-22-14-9-8-11(15(23-2)16(14)24-3)10-19-20-17(21)12-6-4-5-7-13(12)18/h4-10H,1-3H3,(H,20,21)/b19-10-. The number of carbonyl (C=O) groups excluding carboxylic acids is 1. The fourth-order valence-electron chi connectivity index (χ4n) is 2.09. The van der Waals surface area contributed by atoms with Gasteiger partial charge >= 0.3 is 0 Å². The topological polar surface area (TPSA) is 69.2 Å². The molecule has 2 rings (SSSR count). The van der Waals surface area contributed by atoms with Gasteiger partial charge in [0.05, 0.1) is 38.1 Å². The van der Waals surface area contributed by atoms with E-state index in [1.807, 2.05) is 0 Å². The molecule has 0 unspecified atom stereocenters. The molecule has 0 aliphatic carbocycles. The average molecular weight is 349 g/mol. The van der Waals surface area contributed by atoms with Crippen LogP contribution in [-0.4, -0.2) is 33.5 Å². The van der Waals surface area contributed by atoms with Crippen LogP contribution in [0.2, 0.25) is 5.02 Å². The first-order valence-corrected chi connectivity index (χ1v) is 7.37. The van der Waals surface area contributed by atoms with Gasteiger partial charge in [-0.15, -0.1) is 0 Å². The molecule has 0 radical (unpaired) electrons. The maximum atomic E-state index is 12.0. The molecule has 0 saturated heterocycles. The summed E-state index contributed by atoms with van der Waals surface area (Å²) in [6, 6.07) is 10.2. The van der Waals surface area contributed by atoms with E-state index in [2.05, 4.69) is 10.5 Å². The molecule has 2 aromatic rings. The average Bonchev–Trinajstić information content (AvgIpc) is 2.61. The monoisotopic (exact) mass is 348 g/mol. The molecule has 24 heavy (non-hydrogen) atoms. The lowest BCUT2D eigenvalue weighted by Crippen LogP contribution is -2.18. The summed E-state index contributed by atoms with van der Waals surface area (Å²) in [7, 11) is 4.56. The lowest BCUT2D eigenvalue weighted by atomic mass is 10.2. The minimum Gasteiger partial charge on any atom is -0.493 e. The van der Waals surface area contributed by atoms with Gasteiger partial charge in [-0.25, -0.2) is 5.43 Å². The Morgan fingerprint density at radius 2 is 1.75 bits per heavy atom. The number of rotatable bonds is 6. The molecule has 126 valence electrons. The van der Waals surface area contributed by atoms with Crippen LogP contribution in [0.15, 0.2) is 41.5 Å². The van der Waals surface area contributed by atoms with Crippen LogP contribution in [0.4, 0.5) is 0 Å². The summed E-state index contributed by atoms with van der Waals surface area (Å²) in [5, 5.41) is 4.29. The van der Waals surface area contributed by atoms with Crippen LogP contribution in [-0.2, 0) is 0 Å². The van der Waals surface area contributed by atoms with Crippen LogP contribution in [0.3, 0.4) is 0 Å². The van der Waals surface area contributed by atoms with Crippen molar-refractivity contribution in [3.63, 3.8) is 0 Å². The highest BCUT2D eigenvalue weighted by atomic mass is 35.5. The van der Waals surface area contributed by atoms with Crippen LogP contribution in [0.5, 0.6) is 17.2 Å². The highest BCUT2D eigenvalue weighted by Crippen LogP contribution is 2.38. The third-order valence-electron chi connectivity index (χ3n) is 3.22. The van der Waals surface area contributed by atoms with Gasteiger partial charge in [0.1, 0.15) is 0 Å². The Hall–Kier alpha value is -2.73. The van der Waals surface area contributed by atoms with Gasteiger partial charge in [0.2, 0.25) is 5.75 Å². The number of nitrogens with one attached hydrogen (secondary N) is 1. The molecule has 0 fully saturated rings. The zero-order chi connectivity index (χ0) is 17.5. The first-order chi connectivity index (χ1) is 11.6. The molecule has 0 aliphatic rings. The fourth-order valence-corrected chi connectivity index (χ4v) is 2.31. The Morgan fingerprint density at radius 1 is 1.04 bits per heavy atom. The molecule has 0 atom stereocenters. The van der Waals surface area contributed by atoms with Gasteiger partial charge in [0.25, 0.3) is 5.91 Å². The van der Waals surface area contributed by atoms with E-state index in [1.54, 1.807) is 36.4 Å². The van der Waals surface area contributed by atoms with Crippen LogP contribution in [0, 0.1) is 0 Å². The number of hydrogen-bond donors (Lipinski definition) is 1. The SMILES string of the molecule is COc1ccc(/C=N\NC(=O)c2ccccc2Cl)c(OC)c1OC. The molecule has 1 N–H and O–H groups in total. The van der Waals surface area contributed by atoms with Crippen molar-refractivity contribution < 1.29 is 19.0 Å². The summed E-state index contributed by atoms with van der Waals surface area (Å²) in [4.78, 5) is 12.0. The van der Waals surface area contributed by atoms with Gasteiger partial charge in [-0.2, -0.15) is 5.10 Å². The van der Waals surface area contributed by atoms with E-state index in [-0.39, 0.29) is 0 Å². The summed E-state index contributed by atoms with van der Waals surface area (Å²) in [5.74, 6) is 1.02. The zero-order valence-electron chi connectivity index (χ0n) is 13.5. The lowest BCUT2D eigenvalue weighted by molar-refractivity contribution is 0.0955. The number of hydrazone groups is 1. The molecule has 6 nitrogen and oxygen atoms in total. The molecule has 0 aromatic heterocycles. The van der Waals surface area contributed by atoms with E-state index >= 15 is 0 Å². The minimum absolute atomic E-state index is 0.343. The summed E-state index contributed by atoms with van der Waals surface area (Å²) >= 11 is 5.97. The van der Waals surface area contributed by atoms with Crippen LogP contribution in [0.1, 0.15) is 15.9 Å². The Kier molecular flexibility index (Phi) is 6.03. The first kappa shape index (κ1) is 17.6. The summed E-state index contributed by atoms with van der Waals surface area (Å²) in [5.41, 5.74) is 3.39. The van der Waals surface area contributed by atoms with Crippen LogP contribution >= 0.6 is 11.6 Å². The quantitative estimate of drug-likeness (QED) is 0.643. The number of benzene rings is 2. The van der Waals surface area contributed by atoms with Gasteiger partial charge in [0.15, 0.2) is 11.5 Å². The van der Waals surface area contributed by atoms with E-state index in [4.69, 9.17) is 25.8 Å². The van der Waals surface area contributed by atoms with Gasteiger partial charge in [0, 0.05) is 5.56 Å². The number of ether oxygens (including phenoxy) is 3. The van der Waals surface area contributed by atoms with Crippen molar-refractivity contribution in [2.75, 3.05) is 21.3 Å². The Balaban J connectivity index is 2.20. The molecule has 0 aliphatic heterocycles. The third kappa shape index (κ3) is 3.78. The van der Waals surface area contributed by atoms with Crippen molar-refractivity contribution in [2.24, 2.45) is 5.10 Å². The van der Waals surface area contributed by atoms with Crippen molar-refractivity contribution in [3.05, 3.63) is 52.5 Å². The number of amides is 1. The molecule has 0 bridgehead atoms. The normalized spacial score (nSPS) is 10.5. The first-order valence-electron chi connectivity index (χ1n) is 6.99. The summed E-state index contributed by atoms with van der Waals surface area (Å²) in [6.45, 7) is 0. The van der Waals surface area contributed by atoms with E-state index < -0.39 is 5.91 Å². The van der Waals surface area contributed by atoms with E-state index in [1.165, 1.54) is 27.5 Å². The van der Waals surface area contributed by atoms with Gasteiger partial charge in [-0.05, 0) is 24.3 Å². The van der Waals surface area contributed by atoms with Crippen LogP contribution in [0.25, 0.3) is 0 Å². The summed E-state index contributed by atoms with van der Waals surface area (Å²) < 4.78 is 15.8. The summed E-state index contributed by atoms with van der Waals surface area (Å²) in [6.07, 6.45) is 1.45. The molecule has 0 spiro atoms. The lowest BCUT2D eigenvalue weighted by Gasteiger charge is -2.13. The fraction of sp³-hybridized carbons (Fsp3) is 0.176. The predicted molar refractivity (Wildman–Crippen MR) is 92.6 cm³/mol. The molecule has 7 heteroatoms. The number of halogens is 1. The molecule has 1 amide bonds. The van der Waals surface area contributed by atoms with Crippen molar-refractivity contribution in [2.45, 2.75) is 0 Å². The Bertz CT molecular complexity index is 762. The molecular formula is C17H17ClN2O4. The largest absolute Gasteiger partial charge is 0.493 e. The van der Waals surface area contributed by atoms with E-state index in [0.29, 0.717) is 33.4 Å². The molecule has 2 aromatic carbocycles. The second-order valence-electron chi connectivity index (χ2n) is 4.60. The van der Waals surface area contributed by atoms with Gasteiger partial charge in [-0.3, -0.25) is 4.79 Å². The third-order valence-corrected chi connectivity index (χ3v) is 3.55. The van der Waals surface area contributed by atoms with Crippen molar-refractivity contribution in [3.8, 4) is 17.2 Å². The molecular weight excluding hydrogens is 332 g/mol. The van der Waals surface area contributed by atoms with Crippen LogP contribution < -0.4 is 19.6 Å². The Labute approximate surface area is 145 Å². The van der Waals surface area contributed by atoms with Crippen molar-refractivity contribution >= 4 is 23.7 Å². The predicted octanol–water partition coefficient (Wildman–Crippen LogP) is 3.13. The zero-order valence-corrected chi connectivity index (χ0v) is 14.3. The maximum absolute atomic E-state index is 12.0. The number of methoxy groups -OCH3 is 3. The smallest absolute Gasteiger partial charge is 0.272 e.